The molecule has 0 saturated heterocycles. The average molecular weight is 251 g/mol. The fourth-order valence-corrected chi connectivity index (χ4v) is 2.43. The van der Waals surface area contributed by atoms with Crippen LogP contribution in [0.2, 0.25) is 0 Å². The molecule has 2 rings (SSSR count). The summed E-state index contributed by atoms with van der Waals surface area (Å²) in [5.41, 5.74) is 0.549. The maximum atomic E-state index is 11.9. The molecule has 100 valence electrons. The van der Waals surface area contributed by atoms with Crippen LogP contribution >= 0.6 is 0 Å². The van der Waals surface area contributed by atoms with E-state index in [0.29, 0.717) is 24.3 Å². The first kappa shape index (κ1) is 12.9. The second-order valence-corrected chi connectivity index (χ2v) is 4.62. The average Bonchev–Trinajstić information content (AvgIpc) is 2.81. The van der Waals surface area contributed by atoms with E-state index in [1.165, 1.54) is 0 Å². The molecule has 5 nitrogen and oxygen atoms in total. The first-order valence-electron chi connectivity index (χ1n) is 6.72. The molecular weight excluding hydrogens is 230 g/mol. The quantitative estimate of drug-likeness (QED) is 0.836. The molecule has 0 amide bonds. The first-order valence-corrected chi connectivity index (χ1v) is 6.72. The van der Waals surface area contributed by atoms with Gasteiger partial charge >= 0.3 is 5.97 Å². The molecule has 1 N–H and O–H groups in total. The van der Waals surface area contributed by atoms with Crippen molar-refractivity contribution in [2.24, 2.45) is 0 Å². The van der Waals surface area contributed by atoms with Crippen LogP contribution in [0.15, 0.2) is 6.20 Å². The summed E-state index contributed by atoms with van der Waals surface area (Å²) < 4.78 is 6.99. The van der Waals surface area contributed by atoms with Gasteiger partial charge in [-0.3, -0.25) is 0 Å². The Morgan fingerprint density at radius 3 is 2.89 bits per heavy atom. The van der Waals surface area contributed by atoms with E-state index in [1.54, 1.807) is 6.20 Å². The predicted octanol–water partition coefficient (Wildman–Crippen LogP) is 2.61. The Kier molecular flexibility index (Phi) is 3.89. The van der Waals surface area contributed by atoms with Gasteiger partial charge in [-0.1, -0.05) is 13.8 Å². The first-order chi connectivity index (χ1) is 8.71. The number of hydrogen-bond donors (Lipinski definition) is 1. The van der Waals surface area contributed by atoms with Crippen molar-refractivity contribution >= 4 is 11.8 Å². The minimum absolute atomic E-state index is 0.294. The smallest absolute Gasteiger partial charge is 0.343 e. The Morgan fingerprint density at radius 2 is 2.28 bits per heavy atom. The molecule has 0 bridgehead atoms. The van der Waals surface area contributed by atoms with E-state index in [-0.39, 0.29) is 5.97 Å². The van der Waals surface area contributed by atoms with Crippen molar-refractivity contribution in [2.45, 2.75) is 52.1 Å². The highest BCUT2D eigenvalue weighted by molar-refractivity contribution is 5.94. The molecule has 0 spiro atoms. The normalized spacial score (nSPS) is 22.2. The predicted molar refractivity (Wildman–Crippen MR) is 69.8 cm³/mol. The number of fused-ring (bicyclic) bond motifs is 1. The van der Waals surface area contributed by atoms with Gasteiger partial charge in [-0.25, -0.2) is 9.48 Å². The largest absolute Gasteiger partial charge is 0.462 e. The molecule has 1 aromatic rings. The highest BCUT2D eigenvalue weighted by Gasteiger charge is 2.29. The zero-order valence-electron chi connectivity index (χ0n) is 11.3. The molecule has 0 radical (unpaired) electrons. The molecule has 1 aliphatic heterocycles. The van der Waals surface area contributed by atoms with Crippen molar-refractivity contribution in [2.75, 3.05) is 11.9 Å². The number of nitrogens with zero attached hydrogens (tertiary/aromatic N) is 2. The zero-order chi connectivity index (χ0) is 13.1. The molecular formula is C13H21N3O2. The molecule has 18 heavy (non-hydrogen) atoms. The third-order valence-electron chi connectivity index (χ3n) is 3.50. The van der Waals surface area contributed by atoms with Gasteiger partial charge in [0, 0.05) is 6.04 Å². The van der Waals surface area contributed by atoms with Crippen LogP contribution in [-0.2, 0) is 4.74 Å². The molecule has 5 heteroatoms. The van der Waals surface area contributed by atoms with E-state index in [2.05, 4.69) is 24.3 Å². The van der Waals surface area contributed by atoms with Gasteiger partial charge in [0.05, 0.1) is 18.8 Å². The highest BCUT2D eigenvalue weighted by Crippen LogP contribution is 2.32. The van der Waals surface area contributed by atoms with E-state index in [1.807, 2.05) is 11.6 Å². The molecule has 0 saturated carbocycles. The lowest BCUT2D eigenvalue weighted by atomic mass is 10.0. The fraction of sp³-hybridized carbons (Fsp3) is 0.692. The summed E-state index contributed by atoms with van der Waals surface area (Å²) in [6, 6.07) is 0.779. The Balaban J connectivity index is 2.32. The summed E-state index contributed by atoms with van der Waals surface area (Å²) in [4.78, 5) is 11.9. The van der Waals surface area contributed by atoms with E-state index < -0.39 is 0 Å². The van der Waals surface area contributed by atoms with Gasteiger partial charge in [-0.2, -0.15) is 5.10 Å². The molecule has 1 aliphatic rings. The molecule has 0 aliphatic carbocycles. The Bertz CT molecular complexity index is 428. The minimum Gasteiger partial charge on any atom is -0.462 e. The van der Waals surface area contributed by atoms with E-state index in [0.717, 1.165) is 25.1 Å². The summed E-state index contributed by atoms with van der Waals surface area (Å²) in [5, 5.41) is 7.73. The maximum absolute atomic E-state index is 11.9. The summed E-state index contributed by atoms with van der Waals surface area (Å²) in [6.45, 7) is 6.50. The van der Waals surface area contributed by atoms with Crippen molar-refractivity contribution in [1.29, 1.82) is 0 Å². The topological polar surface area (TPSA) is 56.1 Å². The van der Waals surface area contributed by atoms with Crippen LogP contribution in [0.1, 0.15) is 56.4 Å². The summed E-state index contributed by atoms with van der Waals surface area (Å²) >= 11 is 0. The van der Waals surface area contributed by atoms with Gasteiger partial charge in [0.15, 0.2) is 0 Å². The lowest BCUT2D eigenvalue weighted by Gasteiger charge is -2.31. The van der Waals surface area contributed by atoms with Crippen LogP contribution in [0, 0.1) is 0 Å². The van der Waals surface area contributed by atoms with Gasteiger partial charge in [0.2, 0.25) is 0 Å². The van der Waals surface area contributed by atoms with E-state index in [9.17, 15) is 4.79 Å². The van der Waals surface area contributed by atoms with Gasteiger partial charge in [-0.05, 0) is 26.2 Å². The van der Waals surface area contributed by atoms with Crippen molar-refractivity contribution in [3.63, 3.8) is 0 Å². The third kappa shape index (κ3) is 2.21. The van der Waals surface area contributed by atoms with Crippen LogP contribution < -0.4 is 5.32 Å². The Morgan fingerprint density at radius 1 is 1.50 bits per heavy atom. The summed E-state index contributed by atoms with van der Waals surface area (Å²) in [5.74, 6) is 0.524. The Hall–Kier alpha value is -1.52. The lowest BCUT2D eigenvalue weighted by Crippen LogP contribution is -2.32. The number of rotatable bonds is 4. The number of esters is 1. The molecule has 0 aromatic carbocycles. The van der Waals surface area contributed by atoms with E-state index >= 15 is 0 Å². The Labute approximate surface area is 108 Å². The fourth-order valence-electron chi connectivity index (χ4n) is 2.43. The molecule has 0 fully saturated rings. The highest BCUT2D eigenvalue weighted by atomic mass is 16.5. The lowest BCUT2D eigenvalue weighted by molar-refractivity contribution is 0.0527. The van der Waals surface area contributed by atoms with Crippen molar-refractivity contribution in [3.8, 4) is 0 Å². The van der Waals surface area contributed by atoms with Gasteiger partial charge in [0.1, 0.15) is 11.4 Å². The number of ether oxygens (including phenoxy) is 1. The molecule has 2 unspecified atom stereocenters. The van der Waals surface area contributed by atoms with Gasteiger partial charge < -0.3 is 10.1 Å². The number of aromatic nitrogens is 2. The molecule has 1 aromatic heterocycles. The zero-order valence-corrected chi connectivity index (χ0v) is 11.3. The van der Waals surface area contributed by atoms with Crippen LogP contribution in [0.25, 0.3) is 0 Å². The van der Waals surface area contributed by atoms with Crippen molar-refractivity contribution < 1.29 is 9.53 Å². The monoisotopic (exact) mass is 251 g/mol. The van der Waals surface area contributed by atoms with Crippen LogP contribution in [0.3, 0.4) is 0 Å². The van der Waals surface area contributed by atoms with Crippen molar-refractivity contribution in [3.05, 3.63) is 11.8 Å². The second-order valence-electron chi connectivity index (χ2n) is 4.62. The minimum atomic E-state index is -0.294. The van der Waals surface area contributed by atoms with Crippen molar-refractivity contribution in [1.82, 2.24) is 9.78 Å². The number of carbonyl (C=O) groups is 1. The third-order valence-corrected chi connectivity index (χ3v) is 3.50. The van der Waals surface area contributed by atoms with Crippen LogP contribution in [-0.4, -0.2) is 28.4 Å². The number of nitrogens with one attached hydrogen (secondary N) is 1. The molecule has 2 heterocycles. The van der Waals surface area contributed by atoms with Gasteiger partial charge in [-0.15, -0.1) is 0 Å². The standard InChI is InChI=1S/C13H21N3O2/c1-4-9-7-10(5-2)16-12(15-9)11(8-14-16)13(17)18-6-3/h8-10,15H,4-7H2,1-3H3. The second kappa shape index (κ2) is 5.42. The number of hydrogen-bond acceptors (Lipinski definition) is 4. The summed E-state index contributed by atoms with van der Waals surface area (Å²) in [7, 11) is 0. The van der Waals surface area contributed by atoms with Crippen LogP contribution in [0.5, 0.6) is 0 Å². The number of carbonyl (C=O) groups excluding carboxylic acids is 1. The van der Waals surface area contributed by atoms with Gasteiger partial charge in [0.25, 0.3) is 0 Å². The van der Waals surface area contributed by atoms with E-state index in [4.69, 9.17) is 4.74 Å². The van der Waals surface area contributed by atoms with Crippen LogP contribution in [0.4, 0.5) is 5.82 Å². The summed E-state index contributed by atoms with van der Waals surface area (Å²) in [6.07, 6.45) is 4.74. The SMILES string of the molecule is CCOC(=O)c1cnn2c1NC(CC)CC2CC. The molecule has 2 atom stereocenters. The maximum Gasteiger partial charge on any atom is 0.343 e. The number of anilines is 1.